The third-order valence-electron chi connectivity index (χ3n) is 2.98. The number of hydrogen-bond donors (Lipinski definition) is 2. The fourth-order valence-corrected chi connectivity index (χ4v) is 1.87. The Balaban J connectivity index is 2.13. The molecule has 0 saturated carbocycles. The normalized spacial score (nSPS) is 10.2. The highest BCUT2D eigenvalue weighted by Gasteiger charge is 2.08. The predicted octanol–water partition coefficient (Wildman–Crippen LogP) is 3.82. The Morgan fingerprint density at radius 1 is 1.15 bits per heavy atom. The summed E-state index contributed by atoms with van der Waals surface area (Å²) in [6.07, 6.45) is 0. The summed E-state index contributed by atoms with van der Waals surface area (Å²) in [5, 5.41) is 5.88. The lowest BCUT2D eigenvalue weighted by Gasteiger charge is -2.09. The fraction of sp³-hybridized carbons (Fsp3) is 0.188. The van der Waals surface area contributed by atoms with Gasteiger partial charge in [-0.25, -0.2) is 4.39 Å². The Kier molecular flexibility index (Phi) is 4.35. The van der Waals surface area contributed by atoms with Gasteiger partial charge in [0.2, 0.25) is 0 Å². The van der Waals surface area contributed by atoms with E-state index in [1.807, 2.05) is 26.0 Å². The van der Waals surface area contributed by atoms with Gasteiger partial charge < -0.3 is 10.6 Å². The maximum absolute atomic E-state index is 13.2. The molecule has 0 unspecified atom stereocenters. The molecule has 104 valence electrons. The average Bonchev–Trinajstić information content (AvgIpc) is 2.44. The summed E-state index contributed by atoms with van der Waals surface area (Å²) in [7, 11) is 0. The molecule has 0 fully saturated rings. The summed E-state index contributed by atoms with van der Waals surface area (Å²) in [5.41, 5.74) is 2.82. The molecule has 0 bridgehead atoms. The van der Waals surface area contributed by atoms with Gasteiger partial charge in [-0.15, -0.1) is 0 Å². The number of rotatable bonds is 4. The maximum Gasteiger partial charge on any atom is 0.255 e. The third kappa shape index (κ3) is 3.35. The van der Waals surface area contributed by atoms with Crippen LogP contribution in [0.2, 0.25) is 0 Å². The van der Waals surface area contributed by atoms with Crippen LogP contribution in [-0.4, -0.2) is 12.5 Å². The Morgan fingerprint density at radius 2 is 1.85 bits per heavy atom. The van der Waals surface area contributed by atoms with E-state index in [0.717, 1.165) is 17.8 Å². The molecule has 20 heavy (non-hydrogen) atoms. The van der Waals surface area contributed by atoms with Crippen LogP contribution in [0.25, 0.3) is 0 Å². The number of benzene rings is 2. The van der Waals surface area contributed by atoms with E-state index in [1.54, 1.807) is 18.2 Å². The largest absolute Gasteiger partial charge is 0.385 e. The minimum atomic E-state index is -0.367. The first-order chi connectivity index (χ1) is 9.60. The number of aryl methyl sites for hydroxylation is 1. The van der Waals surface area contributed by atoms with Crippen LogP contribution in [0.3, 0.4) is 0 Å². The molecule has 2 rings (SSSR count). The highest BCUT2D eigenvalue weighted by Crippen LogP contribution is 2.17. The molecule has 0 atom stereocenters. The Morgan fingerprint density at radius 3 is 2.50 bits per heavy atom. The van der Waals surface area contributed by atoms with Gasteiger partial charge in [0, 0.05) is 23.5 Å². The summed E-state index contributed by atoms with van der Waals surface area (Å²) in [5.74, 6) is -0.616. The van der Waals surface area contributed by atoms with Gasteiger partial charge in [-0.1, -0.05) is 6.07 Å². The Bertz CT molecular complexity index is 608. The van der Waals surface area contributed by atoms with Crippen molar-refractivity contribution >= 4 is 17.3 Å². The number of halogens is 1. The highest BCUT2D eigenvalue weighted by molar-refractivity contribution is 6.04. The molecule has 0 aliphatic carbocycles. The standard InChI is InChI=1S/C16H17FN2O/c1-3-18-14-8-5-12(6-9-14)16(20)19-15-10-13(17)7-4-11(15)2/h4-10,18H,3H2,1-2H3,(H,19,20). The van der Waals surface area contributed by atoms with Crippen LogP contribution in [0, 0.1) is 12.7 Å². The van der Waals surface area contributed by atoms with Crippen LogP contribution < -0.4 is 10.6 Å². The predicted molar refractivity (Wildman–Crippen MR) is 79.7 cm³/mol. The quantitative estimate of drug-likeness (QED) is 0.888. The van der Waals surface area contributed by atoms with E-state index >= 15 is 0 Å². The van der Waals surface area contributed by atoms with E-state index in [9.17, 15) is 9.18 Å². The van der Waals surface area contributed by atoms with Gasteiger partial charge in [0.1, 0.15) is 5.82 Å². The monoisotopic (exact) mass is 272 g/mol. The zero-order chi connectivity index (χ0) is 14.5. The lowest BCUT2D eigenvalue weighted by molar-refractivity contribution is 0.102. The first-order valence-electron chi connectivity index (χ1n) is 6.51. The van der Waals surface area contributed by atoms with Crippen molar-refractivity contribution in [2.75, 3.05) is 17.2 Å². The van der Waals surface area contributed by atoms with Crippen molar-refractivity contribution < 1.29 is 9.18 Å². The van der Waals surface area contributed by atoms with Crippen molar-refractivity contribution in [3.8, 4) is 0 Å². The smallest absolute Gasteiger partial charge is 0.255 e. The van der Waals surface area contributed by atoms with Crippen LogP contribution in [0.5, 0.6) is 0 Å². The van der Waals surface area contributed by atoms with Crippen molar-refractivity contribution in [3.05, 3.63) is 59.4 Å². The molecule has 0 saturated heterocycles. The van der Waals surface area contributed by atoms with Crippen molar-refractivity contribution in [3.63, 3.8) is 0 Å². The zero-order valence-corrected chi connectivity index (χ0v) is 11.5. The van der Waals surface area contributed by atoms with Crippen LogP contribution in [0.1, 0.15) is 22.8 Å². The van der Waals surface area contributed by atoms with Gasteiger partial charge in [-0.3, -0.25) is 4.79 Å². The molecule has 2 aromatic rings. The van der Waals surface area contributed by atoms with E-state index in [4.69, 9.17) is 0 Å². The summed E-state index contributed by atoms with van der Waals surface area (Å²) in [6, 6.07) is 11.5. The molecule has 2 N–H and O–H groups in total. The number of carbonyl (C=O) groups is 1. The van der Waals surface area contributed by atoms with E-state index in [0.29, 0.717) is 11.3 Å². The molecule has 0 aliphatic heterocycles. The molecule has 0 spiro atoms. The number of amides is 1. The first-order valence-corrected chi connectivity index (χ1v) is 6.51. The van der Waals surface area contributed by atoms with Crippen LogP contribution in [-0.2, 0) is 0 Å². The van der Waals surface area contributed by atoms with Gasteiger partial charge in [-0.2, -0.15) is 0 Å². The number of carbonyl (C=O) groups excluding carboxylic acids is 1. The maximum atomic E-state index is 13.2. The number of hydrogen-bond acceptors (Lipinski definition) is 2. The van der Waals surface area contributed by atoms with Crippen molar-refractivity contribution in [2.24, 2.45) is 0 Å². The lowest BCUT2D eigenvalue weighted by Crippen LogP contribution is -2.13. The van der Waals surface area contributed by atoms with Crippen molar-refractivity contribution in [1.82, 2.24) is 0 Å². The van der Waals surface area contributed by atoms with Crippen molar-refractivity contribution in [1.29, 1.82) is 0 Å². The minimum absolute atomic E-state index is 0.248. The van der Waals surface area contributed by atoms with Gasteiger partial charge in [0.25, 0.3) is 5.91 Å². The van der Waals surface area contributed by atoms with Crippen LogP contribution in [0.4, 0.5) is 15.8 Å². The molecule has 0 aliphatic rings. The second kappa shape index (κ2) is 6.19. The third-order valence-corrected chi connectivity index (χ3v) is 2.98. The summed E-state index contributed by atoms with van der Waals surface area (Å²) < 4.78 is 13.2. The zero-order valence-electron chi connectivity index (χ0n) is 11.5. The fourth-order valence-electron chi connectivity index (χ4n) is 1.87. The molecule has 0 aromatic heterocycles. The molecule has 1 amide bonds. The van der Waals surface area contributed by atoms with Gasteiger partial charge in [-0.05, 0) is 55.8 Å². The number of anilines is 2. The lowest BCUT2D eigenvalue weighted by atomic mass is 10.1. The second-order valence-corrected chi connectivity index (χ2v) is 4.52. The van der Waals surface area contributed by atoms with E-state index in [2.05, 4.69) is 10.6 Å². The van der Waals surface area contributed by atoms with Crippen molar-refractivity contribution in [2.45, 2.75) is 13.8 Å². The highest BCUT2D eigenvalue weighted by atomic mass is 19.1. The summed E-state index contributed by atoms with van der Waals surface area (Å²) in [6.45, 7) is 4.66. The summed E-state index contributed by atoms with van der Waals surface area (Å²) in [4.78, 5) is 12.1. The first kappa shape index (κ1) is 14.1. The Labute approximate surface area is 117 Å². The number of nitrogens with one attached hydrogen (secondary N) is 2. The molecule has 0 heterocycles. The SMILES string of the molecule is CCNc1ccc(C(=O)Nc2cc(F)ccc2C)cc1. The molecular formula is C16H17FN2O. The minimum Gasteiger partial charge on any atom is -0.385 e. The average molecular weight is 272 g/mol. The van der Waals surface area contributed by atoms with Crippen LogP contribution >= 0.6 is 0 Å². The second-order valence-electron chi connectivity index (χ2n) is 4.52. The Hall–Kier alpha value is -2.36. The van der Waals surface area contributed by atoms with Gasteiger partial charge in [0.15, 0.2) is 0 Å². The van der Waals surface area contributed by atoms with Gasteiger partial charge >= 0.3 is 0 Å². The molecule has 2 aromatic carbocycles. The molecule has 0 radical (unpaired) electrons. The van der Waals surface area contributed by atoms with E-state index in [-0.39, 0.29) is 11.7 Å². The summed E-state index contributed by atoms with van der Waals surface area (Å²) >= 11 is 0. The topological polar surface area (TPSA) is 41.1 Å². The van der Waals surface area contributed by atoms with Crippen LogP contribution in [0.15, 0.2) is 42.5 Å². The molecule has 4 heteroatoms. The van der Waals surface area contributed by atoms with E-state index < -0.39 is 0 Å². The molecular weight excluding hydrogens is 255 g/mol. The van der Waals surface area contributed by atoms with Gasteiger partial charge in [0.05, 0.1) is 0 Å². The molecule has 3 nitrogen and oxygen atoms in total. The van der Waals surface area contributed by atoms with E-state index in [1.165, 1.54) is 12.1 Å².